The molecule has 3 unspecified atom stereocenters. The molecule has 2 heterocycles. The number of rotatable bonds is 11. The number of aliphatic hydroxyl groups excluding tert-OH is 2. The zero-order valence-electron chi connectivity index (χ0n) is 21.1. The number of fused-ring (bicyclic) bond motifs is 1. The van der Waals surface area contributed by atoms with Crippen molar-refractivity contribution in [3.63, 3.8) is 0 Å². The molecule has 4 rings (SSSR count). The third kappa shape index (κ3) is 6.17. The Morgan fingerprint density at radius 2 is 1.53 bits per heavy atom. The Morgan fingerprint density at radius 1 is 0.889 bits per heavy atom. The smallest absolute Gasteiger partial charge is 0.184 e. The Kier molecular flexibility index (Phi) is 9.53. The lowest BCUT2D eigenvalue weighted by Crippen LogP contribution is -2.61. The van der Waals surface area contributed by atoms with Gasteiger partial charge < -0.3 is 33.9 Å². The van der Waals surface area contributed by atoms with Gasteiger partial charge in [0.1, 0.15) is 30.2 Å². The first-order chi connectivity index (χ1) is 17.6. The molecule has 2 fully saturated rings. The summed E-state index contributed by atoms with van der Waals surface area (Å²) in [6.07, 6.45) is 0.423. The van der Waals surface area contributed by atoms with Crippen molar-refractivity contribution >= 4 is 0 Å². The Balaban J connectivity index is 1.57. The maximum Gasteiger partial charge on any atom is 0.184 e. The van der Waals surface area contributed by atoms with E-state index in [2.05, 4.69) is 32.6 Å². The second-order valence-corrected chi connectivity index (χ2v) is 9.32. The molecule has 2 aliphatic heterocycles. The first-order valence-electron chi connectivity index (χ1n) is 12.9. The molecule has 0 radical (unpaired) electrons. The largest absolute Gasteiger partial charge is 0.494 e. The minimum Gasteiger partial charge on any atom is -0.494 e. The van der Waals surface area contributed by atoms with Crippen molar-refractivity contribution in [3.8, 4) is 5.75 Å². The lowest BCUT2D eigenvalue weighted by Gasteiger charge is -2.50. The van der Waals surface area contributed by atoms with E-state index in [1.165, 1.54) is 5.56 Å². The summed E-state index contributed by atoms with van der Waals surface area (Å²) in [6, 6.07) is 15.7. The normalized spacial score (nSPS) is 28.8. The van der Waals surface area contributed by atoms with Crippen LogP contribution in [0.3, 0.4) is 0 Å². The van der Waals surface area contributed by atoms with Gasteiger partial charge in [-0.3, -0.25) is 0 Å². The molecule has 0 amide bonds. The fraction of sp³-hybridized carbons (Fsp3) is 0.517. The zero-order valence-corrected chi connectivity index (χ0v) is 21.1. The third-order valence-corrected chi connectivity index (χ3v) is 6.54. The molecule has 36 heavy (non-hydrogen) atoms. The Bertz CT molecular complexity index is 945. The fourth-order valence-electron chi connectivity index (χ4n) is 4.68. The van der Waals surface area contributed by atoms with Gasteiger partial charge in [0.05, 0.1) is 19.3 Å². The molecule has 0 spiro atoms. The van der Waals surface area contributed by atoms with Crippen LogP contribution in [-0.2, 0) is 25.4 Å². The molecule has 0 aliphatic carbocycles. The van der Waals surface area contributed by atoms with Crippen LogP contribution >= 0.6 is 0 Å². The van der Waals surface area contributed by atoms with Gasteiger partial charge in [0, 0.05) is 11.1 Å². The molecule has 7 nitrogen and oxygen atoms in total. The predicted octanol–water partition coefficient (Wildman–Crippen LogP) is 4.62. The highest BCUT2D eigenvalue weighted by Gasteiger charge is 2.51. The van der Waals surface area contributed by atoms with E-state index in [-0.39, 0.29) is 6.10 Å². The van der Waals surface area contributed by atoms with E-state index in [1.54, 1.807) is 6.08 Å². The second-order valence-electron chi connectivity index (χ2n) is 9.32. The average molecular weight is 499 g/mol. The molecule has 2 aromatic rings. The van der Waals surface area contributed by atoms with E-state index in [9.17, 15) is 10.2 Å². The summed E-state index contributed by atoms with van der Waals surface area (Å²) < 4.78 is 30.9. The molecule has 0 bridgehead atoms. The van der Waals surface area contributed by atoms with Crippen molar-refractivity contribution in [3.05, 3.63) is 77.9 Å². The third-order valence-electron chi connectivity index (χ3n) is 6.54. The lowest BCUT2D eigenvalue weighted by molar-refractivity contribution is -0.390. The molecular weight excluding hydrogens is 460 g/mol. The van der Waals surface area contributed by atoms with Gasteiger partial charge in [-0.15, -0.1) is 6.58 Å². The number of aliphatic hydroxyl groups is 2. The van der Waals surface area contributed by atoms with Crippen molar-refractivity contribution < 1.29 is 33.9 Å². The van der Waals surface area contributed by atoms with Crippen LogP contribution in [0.2, 0.25) is 0 Å². The van der Waals surface area contributed by atoms with Crippen molar-refractivity contribution in [2.75, 3.05) is 13.2 Å². The van der Waals surface area contributed by atoms with Crippen LogP contribution in [0.1, 0.15) is 62.4 Å². The maximum absolute atomic E-state index is 10.7. The average Bonchev–Trinajstić information content (AvgIpc) is 2.92. The van der Waals surface area contributed by atoms with E-state index in [4.69, 9.17) is 23.7 Å². The molecule has 2 aliphatic rings. The van der Waals surface area contributed by atoms with Crippen LogP contribution in [0.5, 0.6) is 5.75 Å². The minimum absolute atomic E-state index is 0.367. The standard InChI is InChI=1S/C29H38O7/c1-4-7-19-9-11-20(12-10-19)28-33-24(8-5-2)26-27(36-28)25(23(31)18-30)34-29(35-26)21-13-15-22(16-14-21)32-17-6-3/h5,9-16,23-31H,2,4,6-8,17-18H2,1,3H3/t23-,24?,25-,26+,27+,28?,29?/m1/s1. The summed E-state index contributed by atoms with van der Waals surface area (Å²) >= 11 is 0. The summed E-state index contributed by atoms with van der Waals surface area (Å²) in [6.45, 7) is 8.28. The van der Waals surface area contributed by atoms with E-state index >= 15 is 0 Å². The highest BCUT2D eigenvalue weighted by molar-refractivity contribution is 5.28. The zero-order chi connectivity index (χ0) is 25.5. The van der Waals surface area contributed by atoms with Crippen LogP contribution in [-0.4, -0.2) is 53.9 Å². The van der Waals surface area contributed by atoms with Crippen molar-refractivity contribution in [2.24, 2.45) is 0 Å². The number of benzene rings is 2. The summed E-state index contributed by atoms with van der Waals surface area (Å²) in [7, 11) is 0. The monoisotopic (exact) mass is 498 g/mol. The van der Waals surface area contributed by atoms with Crippen LogP contribution < -0.4 is 4.74 Å². The van der Waals surface area contributed by atoms with Gasteiger partial charge in [-0.2, -0.15) is 0 Å². The van der Waals surface area contributed by atoms with Gasteiger partial charge in [-0.25, -0.2) is 0 Å². The highest BCUT2D eigenvalue weighted by atomic mass is 16.8. The van der Waals surface area contributed by atoms with Crippen molar-refractivity contribution in [1.29, 1.82) is 0 Å². The van der Waals surface area contributed by atoms with Crippen LogP contribution in [0, 0.1) is 0 Å². The Labute approximate surface area is 213 Å². The number of hydrogen-bond acceptors (Lipinski definition) is 7. The van der Waals surface area contributed by atoms with E-state index in [0.717, 1.165) is 36.1 Å². The van der Waals surface area contributed by atoms with Crippen LogP contribution in [0.25, 0.3) is 0 Å². The molecule has 7 heteroatoms. The van der Waals surface area contributed by atoms with Gasteiger partial charge in [-0.05, 0) is 37.0 Å². The lowest BCUT2D eigenvalue weighted by atomic mass is 9.93. The maximum atomic E-state index is 10.7. The van der Waals surface area contributed by atoms with Gasteiger partial charge in [0.15, 0.2) is 12.6 Å². The highest BCUT2D eigenvalue weighted by Crippen LogP contribution is 2.42. The fourth-order valence-corrected chi connectivity index (χ4v) is 4.68. The molecule has 7 atom stereocenters. The van der Waals surface area contributed by atoms with Crippen LogP contribution in [0.15, 0.2) is 61.2 Å². The SMILES string of the molecule is C=CCC1OC(c2ccc(CCC)cc2)O[C@H]2[C@@H]([C@H](O)CO)OC(c3ccc(OCCC)cc3)O[C@@H]12. The van der Waals surface area contributed by atoms with Crippen molar-refractivity contribution in [1.82, 2.24) is 0 Å². The van der Waals surface area contributed by atoms with Gasteiger partial charge in [0.2, 0.25) is 0 Å². The van der Waals surface area contributed by atoms with E-state index < -0.39 is 43.6 Å². The van der Waals surface area contributed by atoms with Gasteiger partial charge in [0.25, 0.3) is 0 Å². The summed E-state index contributed by atoms with van der Waals surface area (Å²) in [4.78, 5) is 0. The predicted molar refractivity (Wildman–Crippen MR) is 136 cm³/mol. The Hall–Kier alpha value is -2.26. The molecular formula is C29H38O7. The topological polar surface area (TPSA) is 86.6 Å². The first kappa shape index (κ1) is 26.8. The molecule has 2 aromatic carbocycles. The summed E-state index contributed by atoms with van der Waals surface area (Å²) in [5.41, 5.74) is 2.91. The molecule has 196 valence electrons. The first-order valence-corrected chi connectivity index (χ1v) is 12.9. The number of aryl methyl sites for hydroxylation is 1. The molecule has 0 aromatic heterocycles. The minimum atomic E-state index is -1.15. The van der Waals surface area contributed by atoms with Gasteiger partial charge >= 0.3 is 0 Å². The Morgan fingerprint density at radius 3 is 2.14 bits per heavy atom. The number of hydrogen-bond donors (Lipinski definition) is 2. The van der Waals surface area contributed by atoms with Gasteiger partial charge in [-0.1, -0.05) is 62.7 Å². The molecule has 0 saturated carbocycles. The quantitative estimate of drug-likeness (QED) is 0.437. The summed E-state index contributed by atoms with van der Waals surface area (Å²) in [5, 5.41) is 20.5. The second kappa shape index (κ2) is 12.8. The molecule has 2 saturated heterocycles. The summed E-state index contributed by atoms with van der Waals surface area (Å²) in [5.74, 6) is 0.767. The van der Waals surface area contributed by atoms with E-state index in [1.807, 2.05) is 36.4 Å². The number of ether oxygens (including phenoxy) is 5. The van der Waals surface area contributed by atoms with Crippen LogP contribution in [0.4, 0.5) is 0 Å². The van der Waals surface area contributed by atoms with E-state index in [0.29, 0.717) is 13.0 Å². The molecule has 2 N–H and O–H groups in total. The van der Waals surface area contributed by atoms with Crippen molar-refractivity contribution in [2.45, 2.75) is 82.6 Å².